The maximum atomic E-state index is 2.99. The van der Waals surface area contributed by atoms with Crippen LogP contribution in [0.25, 0.3) is 21.5 Å². The Morgan fingerprint density at radius 2 is 1.25 bits per heavy atom. The molecule has 4 aromatic rings. The van der Waals surface area contributed by atoms with Crippen molar-refractivity contribution in [3.63, 3.8) is 0 Å². The molecule has 0 bridgehead atoms. The molecule has 1 aliphatic carbocycles. The number of fused-ring (bicyclic) bond motifs is 3. The Morgan fingerprint density at radius 3 is 1.56 bits per heavy atom. The number of halogens is 2. The molecule has 4 aromatic carbocycles. The van der Waals surface area contributed by atoms with Crippen molar-refractivity contribution in [3.05, 3.63) is 114 Å². The first-order valence-corrected chi connectivity index (χ1v) is 13.4. The van der Waals surface area contributed by atoms with Gasteiger partial charge in [0.2, 0.25) is 0 Å². The van der Waals surface area contributed by atoms with Gasteiger partial charge in [-0.05, 0) is 10.8 Å². The molecule has 0 saturated heterocycles. The van der Waals surface area contributed by atoms with Crippen molar-refractivity contribution in [2.24, 2.45) is 0 Å². The topological polar surface area (TPSA) is 0 Å². The third-order valence-electron chi connectivity index (χ3n) is 5.99. The predicted molar refractivity (Wildman–Crippen MR) is 148 cm³/mol. The van der Waals surface area contributed by atoms with Crippen LogP contribution in [0.1, 0.15) is 64.7 Å². The third kappa shape index (κ3) is 9.02. The monoisotopic (exact) mass is 592 g/mol. The van der Waals surface area contributed by atoms with Crippen LogP contribution < -0.4 is 24.8 Å². The summed E-state index contributed by atoms with van der Waals surface area (Å²) in [6.07, 6.45) is 10.0. The van der Waals surface area contributed by atoms with Crippen molar-refractivity contribution in [1.29, 1.82) is 0 Å². The van der Waals surface area contributed by atoms with E-state index < -0.39 is 0 Å². The van der Waals surface area contributed by atoms with Crippen molar-refractivity contribution in [3.8, 4) is 0 Å². The van der Waals surface area contributed by atoms with Crippen molar-refractivity contribution in [2.75, 3.05) is 0 Å². The zero-order chi connectivity index (χ0) is 24.8. The van der Waals surface area contributed by atoms with E-state index in [4.69, 9.17) is 0 Å². The Balaban J connectivity index is 0.000000356. The standard InChI is InChI=1S/C21H25.C7H6.C5H5.2ClH.Zr/c1-20(2,3)16-7-9-18-14(12-16)11-15-13-17(21(4,5)6)8-10-19(15)18;1-7-5-3-2-4-6-7;1-2-4-5-3-1;;;/h7-13H,1-6H3;1-6H;1-3H,4H2;2*1H;/q-1;;-1;;;+2/p-2. The summed E-state index contributed by atoms with van der Waals surface area (Å²) in [6, 6.07) is 26.5. The van der Waals surface area contributed by atoms with E-state index in [1.54, 1.807) is 0 Å². The molecule has 0 radical (unpaired) electrons. The molecule has 0 atom stereocenters. The zero-order valence-corrected chi connectivity index (χ0v) is 26.2. The van der Waals surface area contributed by atoms with Crippen molar-refractivity contribution >= 4 is 25.3 Å². The fourth-order valence-corrected chi connectivity index (χ4v) is 4.32. The van der Waals surface area contributed by atoms with Crippen molar-refractivity contribution < 1.29 is 49.0 Å². The van der Waals surface area contributed by atoms with Crippen LogP contribution in [-0.4, -0.2) is 3.71 Å². The maximum absolute atomic E-state index is 2.99. The van der Waals surface area contributed by atoms with E-state index in [1.807, 2.05) is 18.2 Å². The number of rotatable bonds is 1. The van der Waals surface area contributed by atoms with Crippen LogP contribution in [0, 0.1) is 6.08 Å². The van der Waals surface area contributed by atoms with Gasteiger partial charge >= 0.3 is 63.8 Å². The Kier molecular flexibility index (Phi) is 12.9. The fourth-order valence-electron chi connectivity index (χ4n) is 3.84. The second kappa shape index (κ2) is 14.3. The predicted octanol–water partition coefficient (Wildman–Crippen LogP) is 3.00. The van der Waals surface area contributed by atoms with Gasteiger partial charge in [0.1, 0.15) is 0 Å². The normalized spacial score (nSPS) is 12.1. The molecular weight excluding hydrogens is 558 g/mol. The molecule has 0 aromatic heterocycles. The fraction of sp³-hybridized carbons (Fsp3) is 0.273. The molecule has 36 heavy (non-hydrogen) atoms. The molecule has 3 heteroatoms. The molecule has 5 rings (SSSR count). The summed E-state index contributed by atoms with van der Waals surface area (Å²) in [6.45, 7) is 13.6. The summed E-state index contributed by atoms with van der Waals surface area (Å²) >= 11 is 1.46. The second-order valence-corrected chi connectivity index (χ2v) is 11.5. The quantitative estimate of drug-likeness (QED) is 0.298. The molecule has 0 saturated carbocycles. The van der Waals surface area contributed by atoms with E-state index in [0.717, 1.165) is 6.42 Å². The summed E-state index contributed by atoms with van der Waals surface area (Å²) in [5.74, 6) is 0. The van der Waals surface area contributed by atoms with Crippen LogP contribution in [0.2, 0.25) is 0 Å². The molecule has 188 valence electrons. The Bertz CT molecular complexity index is 1220. The van der Waals surface area contributed by atoms with Gasteiger partial charge in [0.05, 0.1) is 0 Å². The first kappa shape index (κ1) is 32.4. The summed E-state index contributed by atoms with van der Waals surface area (Å²) < 4.78 is 2.17. The van der Waals surface area contributed by atoms with E-state index >= 15 is 0 Å². The molecule has 0 fully saturated rings. The van der Waals surface area contributed by atoms with Gasteiger partial charge in [-0.2, -0.15) is 6.08 Å². The first-order chi connectivity index (χ1) is 16.1. The molecule has 0 amide bonds. The molecule has 0 aliphatic heterocycles. The number of hydrogen-bond acceptors (Lipinski definition) is 0. The van der Waals surface area contributed by atoms with Gasteiger partial charge in [-0.15, -0.1) is 46.2 Å². The zero-order valence-electron chi connectivity index (χ0n) is 22.2. The summed E-state index contributed by atoms with van der Waals surface area (Å²) in [5.41, 5.74) is 4.54. The van der Waals surface area contributed by atoms with Gasteiger partial charge in [0.25, 0.3) is 0 Å². The Labute approximate surface area is 245 Å². The Hall–Kier alpha value is -1.66. The van der Waals surface area contributed by atoms with E-state index in [2.05, 4.69) is 124 Å². The van der Waals surface area contributed by atoms with Crippen molar-refractivity contribution in [2.45, 2.75) is 58.8 Å². The van der Waals surface area contributed by atoms with Gasteiger partial charge < -0.3 is 24.8 Å². The Morgan fingerprint density at radius 1 is 0.750 bits per heavy atom. The molecule has 0 heterocycles. The average molecular weight is 595 g/mol. The molecule has 0 N–H and O–H groups in total. The van der Waals surface area contributed by atoms with Crippen LogP contribution >= 0.6 is 0 Å². The van der Waals surface area contributed by atoms with Crippen molar-refractivity contribution in [1.82, 2.24) is 0 Å². The molecule has 0 spiro atoms. The van der Waals surface area contributed by atoms with Gasteiger partial charge in [0, 0.05) is 0 Å². The third-order valence-corrected chi connectivity index (χ3v) is 6.81. The minimum absolute atomic E-state index is 0. The second-order valence-electron chi connectivity index (χ2n) is 10.8. The van der Waals surface area contributed by atoms with Crippen LogP contribution in [0.5, 0.6) is 0 Å². The van der Waals surface area contributed by atoms with Crippen LogP contribution in [-0.2, 0) is 35.1 Å². The molecular formula is C33H36Cl2Zr-2. The molecule has 0 unspecified atom stereocenters. The van der Waals surface area contributed by atoms with Gasteiger partial charge in [-0.1, -0.05) is 76.9 Å². The summed E-state index contributed by atoms with van der Waals surface area (Å²) in [5, 5.41) is 5.48. The molecule has 0 nitrogen and oxygen atoms in total. The summed E-state index contributed by atoms with van der Waals surface area (Å²) in [4.78, 5) is 0. The van der Waals surface area contributed by atoms with Gasteiger partial charge in [-0.3, -0.25) is 6.08 Å². The van der Waals surface area contributed by atoms with E-state index in [-0.39, 0.29) is 35.6 Å². The first-order valence-electron chi connectivity index (χ1n) is 12.0. The van der Waals surface area contributed by atoms with Crippen LogP contribution in [0.3, 0.4) is 0 Å². The molecule has 1 aliphatic rings. The number of benzene rings is 3. The van der Waals surface area contributed by atoms with E-state index in [1.165, 1.54) is 62.5 Å². The summed E-state index contributed by atoms with van der Waals surface area (Å²) in [7, 11) is 0. The minimum atomic E-state index is 0. The van der Waals surface area contributed by atoms with Gasteiger partial charge in [0.15, 0.2) is 0 Å². The SMILES string of the molecule is CC(C)(C)c1ccc2c(c1)[cH-]c1cc(C(C)(C)C)ccc12.[C-]1=CC=CC1.[Cl-].[Cl-].[Zr+2]=[CH]c1ccccc1. The average Bonchev–Trinajstić information content (AvgIpc) is 3.49. The van der Waals surface area contributed by atoms with Gasteiger partial charge in [-0.25, -0.2) is 12.2 Å². The van der Waals surface area contributed by atoms with E-state index in [9.17, 15) is 0 Å². The van der Waals surface area contributed by atoms with E-state index in [0.29, 0.717) is 0 Å². The number of hydrogen-bond donors (Lipinski definition) is 0. The number of allylic oxidation sites excluding steroid dienone is 4. The van der Waals surface area contributed by atoms with Crippen LogP contribution in [0.4, 0.5) is 0 Å². The van der Waals surface area contributed by atoms with Crippen LogP contribution in [0.15, 0.2) is 91.0 Å².